The van der Waals surface area contributed by atoms with Crippen LogP contribution < -0.4 is 4.74 Å². The Hall–Kier alpha value is -1.02. The zero-order valence-corrected chi connectivity index (χ0v) is 12.3. The van der Waals surface area contributed by atoms with Gasteiger partial charge in [0.25, 0.3) is 0 Å². The topological polar surface area (TPSA) is 29.5 Å². The third-order valence-electron chi connectivity index (χ3n) is 3.38. The highest BCUT2D eigenvalue weighted by Crippen LogP contribution is 2.25. The number of aliphatic hydroxyl groups is 1. The lowest BCUT2D eigenvalue weighted by molar-refractivity contribution is 0.0682. The molecule has 1 aromatic rings. The van der Waals surface area contributed by atoms with E-state index in [1.165, 1.54) is 16.7 Å². The predicted octanol–water partition coefficient (Wildman–Crippen LogP) is 3.80. The zero-order valence-electron chi connectivity index (χ0n) is 12.3. The molecule has 0 saturated carbocycles. The van der Waals surface area contributed by atoms with Gasteiger partial charge in [-0.2, -0.15) is 0 Å². The van der Waals surface area contributed by atoms with Crippen LogP contribution in [0.15, 0.2) is 12.1 Å². The quantitative estimate of drug-likeness (QED) is 0.778. The van der Waals surface area contributed by atoms with Crippen molar-refractivity contribution >= 4 is 0 Å². The molecule has 1 rings (SSSR count). The maximum absolute atomic E-state index is 9.67. The van der Waals surface area contributed by atoms with Gasteiger partial charge >= 0.3 is 0 Å². The van der Waals surface area contributed by atoms with E-state index in [1.54, 1.807) is 7.11 Å². The zero-order chi connectivity index (χ0) is 13.8. The second-order valence-electron chi connectivity index (χ2n) is 5.77. The number of hydrogen-bond donors (Lipinski definition) is 1. The predicted molar refractivity (Wildman–Crippen MR) is 76.3 cm³/mol. The molecular formula is C16H26O2. The summed E-state index contributed by atoms with van der Waals surface area (Å²) in [5.41, 5.74) is 3.31. The minimum absolute atomic E-state index is 0.548. The van der Waals surface area contributed by atoms with E-state index >= 15 is 0 Å². The molecule has 18 heavy (non-hydrogen) atoms. The lowest BCUT2D eigenvalue weighted by Gasteiger charge is -2.17. The summed E-state index contributed by atoms with van der Waals surface area (Å²) in [7, 11) is 1.73. The van der Waals surface area contributed by atoms with Crippen molar-refractivity contribution in [1.29, 1.82) is 0 Å². The SMILES string of the molecule is COc1cc(C)c(C)cc1CCCCC(C)(C)O. The Bertz CT molecular complexity index is 389. The van der Waals surface area contributed by atoms with Crippen LogP contribution in [0.2, 0.25) is 0 Å². The Kier molecular flexibility index (Phi) is 5.21. The summed E-state index contributed by atoms with van der Waals surface area (Å²) < 4.78 is 5.43. The van der Waals surface area contributed by atoms with Crippen molar-refractivity contribution < 1.29 is 9.84 Å². The van der Waals surface area contributed by atoms with Gasteiger partial charge in [0.1, 0.15) is 5.75 Å². The lowest BCUT2D eigenvalue weighted by Crippen LogP contribution is -2.17. The minimum Gasteiger partial charge on any atom is -0.496 e. The fraction of sp³-hybridized carbons (Fsp3) is 0.625. The van der Waals surface area contributed by atoms with Gasteiger partial charge in [0.2, 0.25) is 0 Å². The Morgan fingerprint density at radius 1 is 1.11 bits per heavy atom. The third-order valence-corrected chi connectivity index (χ3v) is 3.38. The van der Waals surface area contributed by atoms with E-state index in [1.807, 2.05) is 13.8 Å². The summed E-state index contributed by atoms with van der Waals surface area (Å²) >= 11 is 0. The molecule has 0 heterocycles. The molecule has 0 aromatic heterocycles. The van der Waals surface area contributed by atoms with Gasteiger partial charge < -0.3 is 9.84 Å². The normalized spacial score (nSPS) is 11.7. The van der Waals surface area contributed by atoms with Crippen molar-refractivity contribution in [2.24, 2.45) is 0 Å². The summed E-state index contributed by atoms with van der Waals surface area (Å²) in [6.07, 6.45) is 3.99. The first-order valence-corrected chi connectivity index (χ1v) is 6.70. The van der Waals surface area contributed by atoms with Gasteiger partial charge in [-0.3, -0.25) is 0 Å². The van der Waals surface area contributed by atoms with Gasteiger partial charge in [0, 0.05) is 0 Å². The monoisotopic (exact) mass is 250 g/mol. The Labute approximate surface area is 111 Å². The molecule has 0 atom stereocenters. The average Bonchev–Trinajstić information content (AvgIpc) is 2.27. The molecule has 0 bridgehead atoms. The number of methoxy groups -OCH3 is 1. The highest BCUT2D eigenvalue weighted by atomic mass is 16.5. The van der Waals surface area contributed by atoms with Crippen molar-refractivity contribution in [2.75, 3.05) is 7.11 Å². The molecule has 102 valence electrons. The first-order chi connectivity index (χ1) is 8.33. The Balaban J connectivity index is 2.59. The smallest absolute Gasteiger partial charge is 0.122 e. The standard InChI is InChI=1S/C16H26O2/c1-12-10-14(15(18-5)11-13(12)2)8-6-7-9-16(3,4)17/h10-11,17H,6-9H2,1-5H3. The van der Waals surface area contributed by atoms with Crippen LogP contribution in [0.4, 0.5) is 0 Å². The molecule has 0 spiro atoms. The molecule has 2 nitrogen and oxygen atoms in total. The number of unbranched alkanes of at least 4 members (excludes halogenated alkanes) is 1. The van der Waals surface area contributed by atoms with Crippen molar-refractivity contribution in [3.05, 3.63) is 28.8 Å². The van der Waals surface area contributed by atoms with Gasteiger partial charge in [-0.25, -0.2) is 0 Å². The highest BCUT2D eigenvalue weighted by molar-refractivity contribution is 5.41. The molecule has 0 aliphatic rings. The first-order valence-electron chi connectivity index (χ1n) is 6.70. The number of aryl methyl sites for hydroxylation is 3. The van der Waals surface area contributed by atoms with Crippen LogP contribution in [0.1, 0.15) is 49.8 Å². The van der Waals surface area contributed by atoms with E-state index in [-0.39, 0.29) is 0 Å². The number of benzene rings is 1. The minimum atomic E-state index is -0.548. The number of rotatable bonds is 6. The van der Waals surface area contributed by atoms with Gasteiger partial charge in [-0.05, 0) is 69.7 Å². The fourth-order valence-corrected chi connectivity index (χ4v) is 2.11. The second kappa shape index (κ2) is 6.24. The van der Waals surface area contributed by atoms with Crippen LogP contribution in [0.3, 0.4) is 0 Å². The first kappa shape index (κ1) is 15.0. The van der Waals surface area contributed by atoms with Crippen molar-refractivity contribution in [2.45, 2.75) is 59.0 Å². The van der Waals surface area contributed by atoms with Gasteiger partial charge in [0.15, 0.2) is 0 Å². The lowest BCUT2D eigenvalue weighted by atomic mass is 9.97. The Morgan fingerprint density at radius 3 is 2.28 bits per heavy atom. The average molecular weight is 250 g/mol. The van der Waals surface area contributed by atoms with Crippen LogP contribution in [0, 0.1) is 13.8 Å². The van der Waals surface area contributed by atoms with E-state index in [0.717, 1.165) is 31.4 Å². The summed E-state index contributed by atoms with van der Waals surface area (Å²) in [6.45, 7) is 7.97. The van der Waals surface area contributed by atoms with Crippen LogP contribution in [-0.2, 0) is 6.42 Å². The fourth-order valence-electron chi connectivity index (χ4n) is 2.11. The van der Waals surface area contributed by atoms with Crippen LogP contribution in [0.5, 0.6) is 5.75 Å². The molecule has 1 N–H and O–H groups in total. The van der Waals surface area contributed by atoms with Crippen LogP contribution in [-0.4, -0.2) is 17.8 Å². The van der Waals surface area contributed by atoms with Crippen molar-refractivity contribution in [3.63, 3.8) is 0 Å². The summed E-state index contributed by atoms with van der Waals surface area (Å²) in [6, 6.07) is 4.33. The molecule has 0 amide bonds. The Morgan fingerprint density at radius 2 is 1.72 bits per heavy atom. The number of ether oxygens (including phenoxy) is 1. The maximum Gasteiger partial charge on any atom is 0.122 e. The maximum atomic E-state index is 9.67. The number of hydrogen-bond acceptors (Lipinski definition) is 2. The molecule has 1 aromatic carbocycles. The molecule has 0 fully saturated rings. The van der Waals surface area contributed by atoms with Gasteiger partial charge in [-0.15, -0.1) is 0 Å². The molecule has 0 radical (unpaired) electrons. The van der Waals surface area contributed by atoms with E-state index in [9.17, 15) is 5.11 Å². The van der Waals surface area contributed by atoms with E-state index in [0.29, 0.717) is 0 Å². The summed E-state index contributed by atoms with van der Waals surface area (Å²) in [4.78, 5) is 0. The summed E-state index contributed by atoms with van der Waals surface area (Å²) in [5, 5.41) is 9.67. The van der Waals surface area contributed by atoms with E-state index < -0.39 is 5.60 Å². The molecular weight excluding hydrogens is 224 g/mol. The van der Waals surface area contributed by atoms with E-state index in [2.05, 4.69) is 26.0 Å². The second-order valence-corrected chi connectivity index (χ2v) is 5.77. The third kappa shape index (κ3) is 4.69. The molecule has 0 aliphatic heterocycles. The molecule has 0 aliphatic carbocycles. The highest BCUT2D eigenvalue weighted by Gasteiger charge is 2.12. The largest absolute Gasteiger partial charge is 0.496 e. The van der Waals surface area contributed by atoms with Gasteiger partial charge in [0.05, 0.1) is 12.7 Å². The molecule has 0 saturated heterocycles. The van der Waals surface area contributed by atoms with Crippen LogP contribution in [0.25, 0.3) is 0 Å². The summed E-state index contributed by atoms with van der Waals surface area (Å²) in [5.74, 6) is 0.987. The van der Waals surface area contributed by atoms with E-state index in [4.69, 9.17) is 4.74 Å². The van der Waals surface area contributed by atoms with Crippen LogP contribution >= 0.6 is 0 Å². The molecule has 0 unspecified atom stereocenters. The van der Waals surface area contributed by atoms with Crippen molar-refractivity contribution in [3.8, 4) is 5.75 Å². The van der Waals surface area contributed by atoms with Crippen molar-refractivity contribution in [1.82, 2.24) is 0 Å². The van der Waals surface area contributed by atoms with Gasteiger partial charge in [-0.1, -0.05) is 12.5 Å². The molecule has 2 heteroatoms.